The number of aromatic nitrogens is 2. The Labute approximate surface area is 134 Å². The molecule has 3 rings (SSSR count). The maximum atomic E-state index is 12.7. The molecule has 1 saturated carbocycles. The summed E-state index contributed by atoms with van der Waals surface area (Å²) in [6, 6.07) is 5.76. The zero-order chi connectivity index (χ0) is 15.7. The van der Waals surface area contributed by atoms with E-state index in [4.69, 9.17) is 0 Å². The lowest BCUT2D eigenvalue weighted by atomic mass is 10.1. The molecule has 0 saturated heterocycles. The Morgan fingerprint density at radius 2 is 2.32 bits per heavy atom. The number of nitrogens with zero attached hydrogens (tertiary/aromatic N) is 3. The predicted octanol–water partition coefficient (Wildman–Crippen LogP) is 2.29. The fourth-order valence-electron chi connectivity index (χ4n) is 3.16. The largest absolute Gasteiger partial charge is 0.393 e. The molecule has 0 aliphatic heterocycles. The second-order valence-corrected chi connectivity index (χ2v) is 6.62. The third-order valence-corrected chi connectivity index (χ3v) is 5.03. The molecule has 5 nitrogen and oxygen atoms in total. The van der Waals surface area contributed by atoms with Crippen LogP contribution < -0.4 is 0 Å². The highest BCUT2D eigenvalue weighted by Crippen LogP contribution is 2.27. The van der Waals surface area contributed by atoms with Gasteiger partial charge < -0.3 is 10.0 Å². The molecular weight excluding hydrogens is 298 g/mol. The second-order valence-electron chi connectivity index (χ2n) is 5.85. The number of carbonyl (C=O) groups excluding carboxylic acids is 1. The van der Waals surface area contributed by atoms with Crippen molar-refractivity contribution in [2.45, 2.75) is 30.5 Å². The standard InChI is InChI=1S/C16H21N3O2S/c1-18(10-11-6-5-8-13(11)20)15(21)14-12-7-3-4-9-19(12)16(17-14)22-2/h3-4,7,9,11,13,20H,5-6,8,10H2,1-2H3. The first-order valence-corrected chi connectivity index (χ1v) is 8.79. The minimum Gasteiger partial charge on any atom is -0.393 e. The van der Waals surface area contributed by atoms with Gasteiger partial charge in [-0.1, -0.05) is 24.2 Å². The molecule has 6 heteroatoms. The number of aliphatic hydroxyl groups excluding tert-OH is 1. The summed E-state index contributed by atoms with van der Waals surface area (Å²) in [6.07, 6.45) is 6.46. The summed E-state index contributed by atoms with van der Waals surface area (Å²) in [7, 11) is 1.79. The van der Waals surface area contributed by atoms with E-state index in [-0.39, 0.29) is 17.9 Å². The monoisotopic (exact) mass is 319 g/mol. The molecule has 2 unspecified atom stereocenters. The maximum absolute atomic E-state index is 12.7. The summed E-state index contributed by atoms with van der Waals surface area (Å²) < 4.78 is 1.94. The van der Waals surface area contributed by atoms with Gasteiger partial charge in [0, 0.05) is 25.7 Å². The van der Waals surface area contributed by atoms with Gasteiger partial charge in [-0.05, 0) is 31.2 Å². The first kappa shape index (κ1) is 15.4. The van der Waals surface area contributed by atoms with Crippen LogP contribution in [0.1, 0.15) is 29.8 Å². The number of carbonyl (C=O) groups is 1. The summed E-state index contributed by atoms with van der Waals surface area (Å²) in [6.45, 7) is 0.584. The number of thioether (sulfide) groups is 1. The van der Waals surface area contributed by atoms with Crippen LogP contribution in [0.15, 0.2) is 29.6 Å². The highest BCUT2D eigenvalue weighted by atomic mass is 32.2. The fourth-order valence-corrected chi connectivity index (χ4v) is 3.70. The molecule has 118 valence electrons. The molecule has 0 spiro atoms. The molecule has 1 aliphatic rings. The molecule has 2 aromatic rings. The summed E-state index contributed by atoms with van der Waals surface area (Å²) >= 11 is 1.52. The molecule has 1 amide bonds. The van der Waals surface area contributed by atoms with Gasteiger partial charge in [0.1, 0.15) is 0 Å². The lowest BCUT2D eigenvalue weighted by molar-refractivity contribution is 0.0690. The van der Waals surface area contributed by atoms with Gasteiger partial charge >= 0.3 is 0 Å². The lowest BCUT2D eigenvalue weighted by Crippen LogP contribution is -2.34. The van der Waals surface area contributed by atoms with Gasteiger partial charge in [-0.15, -0.1) is 0 Å². The van der Waals surface area contributed by atoms with Gasteiger partial charge in [-0.3, -0.25) is 9.20 Å². The van der Waals surface area contributed by atoms with E-state index < -0.39 is 0 Å². The van der Waals surface area contributed by atoms with Crippen LogP contribution in [0.25, 0.3) is 5.52 Å². The zero-order valence-electron chi connectivity index (χ0n) is 12.9. The third-order valence-electron chi connectivity index (χ3n) is 4.38. The number of hydrogen-bond donors (Lipinski definition) is 1. The van der Waals surface area contributed by atoms with Crippen LogP contribution in [0.4, 0.5) is 0 Å². The van der Waals surface area contributed by atoms with E-state index in [1.54, 1.807) is 11.9 Å². The minimum atomic E-state index is -0.282. The highest BCUT2D eigenvalue weighted by molar-refractivity contribution is 7.98. The second kappa shape index (κ2) is 6.30. The van der Waals surface area contributed by atoms with E-state index in [2.05, 4.69) is 4.98 Å². The average Bonchev–Trinajstić information content (AvgIpc) is 3.10. The average molecular weight is 319 g/mol. The summed E-state index contributed by atoms with van der Waals surface area (Å²) in [5.74, 6) is 0.103. The summed E-state index contributed by atoms with van der Waals surface area (Å²) in [5, 5.41) is 10.8. The van der Waals surface area contributed by atoms with Crippen molar-refractivity contribution < 1.29 is 9.90 Å². The molecule has 0 bridgehead atoms. The zero-order valence-corrected chi connectivity index (χ0v) is 13.7. The van der Waals surface area contributed by atoms with Crippen molar-refractivity contribution in [3.05, 3.63) is 30.1 Å². The number of hydrogen-bond acceptors (Lipinski definition) is 4. The Balaban J connectivity index is 1.85. The van der Waals surface area contributed by atoms with E-state index in [1.807, 2.05) is 35.1 Å². The quantitative estimate of drug-likeness (QED) is 0.879. The number of imidazole rings is 1. The van der Waals surface area contributed by atoms with Crippen LogP contribution in [0.5, 0.6) is 0 Å². The van der Waals surface area contributed by atoms with E-state index in [1.165, 1.54) is 11.8 Å². The van der Waals surface area contributed by atoms with Crippen molar-refractivity contribution in [2.75, 3.05) is 19.8 Å². The van der Waals surface area contributed by atoms with Crippen molar-refractivity contribution in [3.8, 4) is 0 Å². The van der Waals surface area contributed by atoms with Gasteiger partial charge in [0.2, 0.25) is 0 Å². The maximum Gasteiger partial charge on any atom is 0.274 e. The van der Waals surface area contributed by atoms with Crippen LogP contribution in [-0.4, -0.2) is 51.3 Å². The van der Waals surface area contributed by atoms with Crippen molar-refractivity contribution in [2.24, 2.45) is 5.92 Å². The van der Waals surface area contributed by atoms with Crippen LogP contribution in [0, 0.1) is 5.92 Å². The minimum absolute atomic E-state index is 0.0805. The molecule has 1 aliphatic carbocycles. The van der Waals surface area contributed by atoms with Crippen LogP contribution in [0.3, 0.4) is 0 Å². The summed E-state index contributed by atoms with van der Waals surface area (Å²) in [5.41, 5.74) is 1.32. The van der Waals surface area contributed by atoms with E-state index in [0.29, 0.717) is 12.2 Å². The molecular formula is C16H21N3O2S. The number of amides is 1. The van der Waals surface area contributed by atoms with Crippen molar-refractivity contribution in [1.82, 2.24) is 14.3 Å². The van der Waals surface area contributed by atoms with Crippen molar-refractivity contribution >= 4 is 23.2 Å². The van der Waals surface area contributed by atoms with Gasteiger partial charge in [0.05, 0.1) is 11.6 Å². The Kier molecular flexibility index (Phi) is 4.40. The Hall–Kier alpha value is -1.53. The first-order chi connectivity index (χ1) is 10.6. The molecule has 1 fully saturated rings. The van der Waals surface area contributed by atoms with Crippen LogP contribution in [-0.2, 0) is 0 Å². The molecule has 2 heterocycles. The van der Waals surface area contributed by atoms with Crippen LogP contribution in [0.2, 0.25) is 0 Å². The lowest BCUT2D eigenvalue weighted by Gasteiger charge is -2.22. The molecule has 1 N–H and O–H groups in total. The SMILES string of the molecule is CSc1nc(C(=O)N(C)CC2CCCC2O)c2ccccn12. The number of aliphatic hydroxyl groups is 1. The van der Waals surface area contributed by atoms with E-state index in [9.17, 15) is 9.90 Å². The topological polar surface area (TPSA) is 57.8 Å². The van der Waals surface area contributed by atoms with Gasteiger partial charge in [0.25, 0.3) is 5.91 Å². The predicted molar refractivity (Wildman–Crippen MR) is 87.3 cm³/mol. The van der Waals surface area contributed by atoms with Gasteiger partial charge in [0.15, 0.2) is 10.9 Å². The van der Waals surface area contributed by atoms with Gasteiger partial charge in [-0.25, -0.2) is 4.98 Å². The third kappa shape index (κ3) is 2.73. The molecule has 2 atom stereocenters. The molecule has 0 radical (unpaired) electrons. The van der Waals surface area contributed by atoms with E-state index >= 15 is 0 Å². The molecule has 22 heavy (non-hydrogen) atoms. The smallest absolute Gasteiger partial charge is 0.274 e. The molecule has 0 aromatic carbocycles. The Morgan fingerprint density at radius 3 is 3.00 bits per heavy atom. The van der Waals surface area contributed by atoms with Crippen molar-refractivity contribution in [1.29, 1.82) is 0 Å². The molecule has 2 aromatic heterocycles. The highest BCUT2D eigenvalue weighted by Gasteiger charge is 2.29. The van der Waals surface area contributed by atoms with Crippen LogP contribution >= 0.6 is 11.8 Å². The Morgan fingerprint density at radius 1 is 1.50 bits per heavy atom. The Bertz CT molecular complexity index is 685. The normalized spacial score (nSPS) is 21.4. The fraction of sp³-hybridized carbons (Fsp3) is 0.500. The summed E-state index contributed by atoms with van der Waals surface area (Å²) in [4.78, 5) is 18.9. The van der Waals surface area contributed by atoms with E-state index in [0.717, 1.165) is 29.9 Å². The number of fused-ring (bicyclic) bond motifs is 1. The number of rotatable bonds is 4. The van der Waals surface area contributed by atoms with Gasteiger partial charge in [-0.2, -0.15) is 0 Å². The number of pyridine rings is 1. The first-order valence-electron chi connectivity index (χ1n) is 7.56. The van der Waals surface area contributed by atoms with Crippen molar-refractivity contribution in [3.63, 3.8) is 0 Å².